The Labute approximate surface area is 163 Å². The third kappa shape index (κ3) is 10.6. The average Bonchev–Trinajstić information content (AvgIpc) is 2.64. The highest BCUT2D eigenvalue weighted by atomic mass is 16.6. The van der Waals surface area contributed by atoms with Crippen LogP contribution >= 0.6 is 0 Å². The van der Waals surface area contributed by atoms with Crippen LogP contribution in [0.15, 0.2) is 23.4 Å². The second kappa shape index (κ2) is 14.1. The summed E-state index contributed by atoms with van der Waals surface area (Å²) >= 11 is 0. The van der Waals surface area contributed by atoms with Crippen molar-refractivity contribution < 1.29 is 19.8 Å². The predicted octanol–water partition coefficient (Wildman–Crippen LogP) is 5.82. The second-order valence-corrected chi connectivity index (χ2v) is 7.11. The summed E-state index contributed by atoms with van der Waals surface area (Å²) in [6.45, 7) is 4.23. The molecule has 5 nitrogen and oxygen atoms in total. The monoisotopic (exact) mass is 377 g/mol. The summed E-state index contributed by atoms with van der Waals surface area (Å²) in [5.41, 5.74) is 2.39. The minimum absolute atomic E-state index is 0.0309. The molecular weight excluding hydrogens is 342 g/mol. The molecule has 27 heavy (non-hydrogen) atoms. The number of benzene rings is 1. The standard InChI is InChI=1S/C22H35NO4/c1-3-4-5-6-7-8-9-10-11-12-20(23-27-16-15-22(25)26)19-17-18(2)13-14-21(19)24/h13-14,17,24H,3-12,15-16H2,1-2H3,(H,25,26)/b23-20-. The first-order chi connectivity index (χ1) is 13.0. The van der Waals surface area contributed by atoms with Gasteiger partial charge in [0.2, 0.25) is 0 Å². The van der Waals surface area contributed by atoms with Crippen LogP contribution in [-0.4, -0.2) is 28.5 Å². The maximum absolute atomic E-state index is 10.6. The Morgan fingerprint density at radius 3 is 2.26 bits per heavy atom. The van der Waals surface area contributed by atoms with Crippen LogP contribution in [0.5, 0.6) is 5.75 Å². The van der Waals surface area contributed by atoms with Crippen LogP contribution in [0.25, 0.3) is 0 Å². The highest BCUT2D eigenvalue weighted by molar-refractivity contribution is 6.02. The zero-order chi connectivity index (χ0) is 19.9. The molecule has 1 aromatic carbocycles. The molecule has 152 valence electrons. The number of aromatic hydroxyl groups is 1. The number of unbranched alkanes of at least 4 members (excludes halogenated alkanes) is 8. The molecule has 5 heteroatoms. The number of hydrogen-bond acceptors (Lipinski definition) is 4. The van der Waals surface area contributed by atoms with E-state index in [0.717, 1.165) is 18.4 Å². The van der Waals surface area contributed by atoms with E-state index in [0.29, 0.717) is 17.7 Å². The number of aliphatic carboxylic acids is 1. The summed E-state index contributed by atoms with van der Waals surface area (Å²) in [5.74, 6) is -0.735. The molecule has 0 radical (unpaired) electrons. The van der Waals surface area contributed by atoms with Gasteiger partial charge in [0.1, 0.15) is 12.4 Å². The topological polar surface area (TPSA) is 79.1 Å². The summed E-state index contributed by atoms with van der Waals surface area (Å²) < 4.78 is 0. The first kappa shape index (κ1) is 23.0. The Morgan fingerprint density at radius 1 is 1.00 bits per heavy atom. The van der Waals surface area contributed by atoms with E-state index in [1.807, 2.05) is 19.1 Å². The lowest BCUT2D eigenvalue weighted by Gasteiger charge is -2.10. The van der Waals surface area contributed by atoms with Crippen LogP contribution in [0, 0.1) is 6.92 Å². The molecule has 0 fully saturated rings. The van der Waals surface area contributed by atoms with Gasteiger partial charge >= 0.3 is 5.97 Å². The Kier molecular flexibility index (Phi) is 12.0. The molecule has 0 amide bonds. The molecule has 1 rings (SSSR count). The number of rotatable bonds is 15. The third-order valence-corrected chi connectivity index (χ3v) is 4.56. The summed E-state index contributed by atoms with van der Waals surface area (Å²) in [4.78, 5) is 15.8. The van der Waals surface area contributed by atoms with E-state index in [1.54, 1.807) is 6.07 Å². The SMILES string of the molecule is CCCCCCCCCCC/C(=N/OCCC(=O)O)c1cc(C)ccc1O. The number of carbonyl (C=O) groups is 1. The molecule has 0 aliphatic carbocycles. The number of nitrogens with zero attached hydrogens (tertiary/aromatic N) is 1. The molecule has 0 saturated carbocycles. The normalized spacial score (nSPS) is 11.6. The van der Waals surface area contributed by atoms with Gasteiger partial charge in [-0.15, -0.1) is 0 Å². The van der Waals surface area contributed by atoms with Crippen LogP contribution in [0.1, 0.15) is 88.7 Å². The lowest BCUT2D eigenvalue weighted by atomic mass is 10.00. The van der Waals surface area contributed by atoms with E-state index in [-0.39, 0.29) is 18.8 Å². The molecule has 0 spiro atoms. The van der Waals surface area contributed by atoms with E-state index >= 15 is 0 Å². The minimum Gasteiger partial charge on any atom is -0.507 e. The van der Waals surface area contributed by atoms with Crippen molar-refractivity contribution >= 4 is 11.7 Å². The highest BCUT2D eigenvalue weighted by Gasteiger charge is 2.11. The fourth-order valence-electron chi connectivity index (χ4n) is 2.97. The lowest BCUT2D eigenvalue weighted by Crippen LogP contribution is -2.06. The van der Waals surface area contributed by atoms with Crippen molar-refractivity contribution in [3.05, 3.63) is 29.3 Å². The van der Waals surface area contributed by atoms with Gasteiger partial charge in [-0.2, -0.15) is 0 Å². The Balaban J connectivity index is 2.48. The minimum atomic E-state index is -0.913. The van der Waals surface area contributed by atoms with Crippen molar-refractivity contribution in [2.75, 3.05) is 6.61 Å². The van der Waals surface area contributed by atoms with E-state index in [9.17, 15) is 9.90 Å². The van der Waals surface area contributed by atoms with Crippen LogP contribution < -0.4 is 0 Å². The molecule has 0 aromatic heterocycles. The highest BCUT2D eigenvalue weighted by Crippen LogP contribution is 2.22. The van der Waals surface area contributed by atoms with E-state index in [1.165, 1.54) is 44.9 Å². The average molecular weight is 378 g/mol. The Morgan fingerprint density at radius 2 is 1.63 bits per heavy atom. The molecular formula is C22H35NO4. The largest absolute Gasteiger partial charge is 0.507 e. The van der Waals surface area contributed by atoms with Gasteiger partial charge in [-0.05, 0) is 31.9 Å². The molecule has 0 bridgehead atoms. The second-order valence-electron chi connectivity index (χ2n) is 7.11. The van der Waals surface area contributed by atoms with Gasteiger partial charge in [-0.3, -0.25) is 4.79 Å². The van der Waals surface area contributed by atoms with Crippen LogP contribution in [0.3, 0.4) is 0 Å². The van der Waals surface area contributed by atoms with Gasteiger partial charge in [-0.25, -0.2) is 0 Å². The first-order valence-electron chi connectivity index (χ1n) is 10.2. The van der Waals surface area contributed by atoms with Crippen molar-refractivity contribution in [1.29, 1.82) is 0 Å². The molecule has 0 unspecified atom stereocenters. The zero-order valence-electron chi connectivity index (χ0n) is 16.9. The van der Waals surface area contributed by atoms with Gasteiger partial charge in [-0.1, -0.05) is 75.1 Å². The van der Waals surface area contributed by atoms with E-state index < -0.39 is 5.97 Å². The number of hydrogen-bond donors (Lipinski definition) is 2. The van der Waals surface area contributed by atoms with Gasteiger partial charge in [0.25, 0.3) is 0 Å². The summed E-state index contributed by atoms with van der Waals surface area (Å²) in [5, 5.41) is 23.0. The van der Waals surface area contributed by atoms with Crippen molar-refractivity contribution in [3.8, 4) is 5.75 Å². The maximum Gasteiger partial charge on any atom is 0.306 e. The molecule has 0 aliphatic rings. The Bertz CT molecular complexity index is 584. The number of phenolic OH excluding ortho intramolecular Hbond substituents is 1. The van der Waals surface area contributed by atoms with Crippen molar-refractivity contribution in [1.82, 2.24) is 0 Å². The van der Waals surface area contributed by atoms with E-state index in [4.69, 9.17) is 9.94 Å². The van der Waals surface area contributed by atoms with Crippen LogP contribution in [0.4, 0.5) is 0 Å². The molecule has 2 N–H and O–H groups in total. The van der Waals surface area contributed by atoms with E-state index in [2.05, 4.69) is 12.1 Å². The zero-order valence-corrected chi connectivity index (χ0v) is 16.9. The summed E-state index contributed by atoms with van der Waals surface area (Å²) in [6, 6.07) is 5.40. The molecule has 0 saturated heterocycles. The lowest BCUT2D eigenvalue weighted by molar-refractivity contribution is -0.138. The Hall–Kier alpha value is -2.04. The van der Waals surface area contributed by atoms with Crippen LogP contribution in [0.2, 0.25) is 0 Å². The van der Waals surface area contributed by atoms with Gasteiger partial charge < -0.3 is 15.1 Å². The maximum atomic E-state index is 10.6. The van der Waals surface area contributed by atoms with Crippen molar-refractivity contribution in [2.24, 2.45) is 5.16 Å². The predicted molar refractivity (Wildman–Crippen MR) is 109 cm³/mol. The number of carboxylic acids is 1. The fourth-order valence-corrected chi connectivity index (χ4v) is 2.97. The number of oxime groups is 1. The van der Waals surface area contributed by atoms with Crippen molar-refractivity contribution in [2.45, 2.75) is 84.5 Å². The van der Waals surface area contributed by atoms with Crippen molar-refractivity contribution in [3.63, 3.8) is 0 Å². The van der Waals surface area contributed by atoms with Crippen LogP contribution in [-0.2, 0) is 9.63 Å². The first-order valence-corrected chi connectivity index (χ1v) is 10.2. The smallest absolute Gasteiger partial charge is 0.306 e. The number of phenols is 1. The summed E-state index contributed by atoms with van der Waals surface area (Å²) in [6.07, 6.45) is 11.8. The number of aryl methyl sites for hydroxylation is 1. The number of carboxylic acid groups (broad SMARTS) is 1. The molecule has 0 aliphatic heterocycles. The molecule has 0 heterocycles. The van der Waals surface area contributed by atoms with Gasteiger partial charge in [0.05, 0.1) is 12.1 Å². The molecule has 0 atom stereocenters. The fraction of sp³-hybridized carbons (Fsp3) is 0.636. The molecule has 1 aromatic rings. The third-order valence-electron chi connectivity index (χ3n) is 4.56. The quantitative estimate of drug-likeness (QED) is 0.229. The van der Waals surface area contributed by atoms with Gasteiger partial charge in [0.15, 0.2) is 0 Å². The summed E-state index contributed by atoms with van der Waals surface area (Å²) in [7, 11) is 0. The van der Waals surface area contributed by atoms with Gasteiger partial charge in [0, 0.05) is 5.56 Å².